The lowest BCUT2D eigenvalue weighted by molar-refractivity contribution is -0.0957. The van der Waals surface area contributed by atoms with E-state index in [1.54, 1.807) is 48.5 Å². The smallest absolute Gasteiger partial charge is 0.336 e. The lowest BCUT2D eigenvalue weighted by Gasteiger charge is -2.18. The highest BCUT2D eigenvalue weighted by atomic mass is 17.2. The Morgan fingerprint density at radius 1 is 0.425 bits per heavy atom. The third-order valence-electron chi connectivity index (χ3n) is 6.86. The van der Waals surface area contributed by atoms with Crippen molar-refractivity contribution in [2.45, 2.75) is 0 Å². The van der Waals surface area contributed by atoms with E-state index >= 15 is 0 Å². The van der Waals surface area contributed by atoms with E-state index in [1.807, 2.05) is 72.8 Å². The molecule has 0 radical (unpaired) electrons. The summed E-state index contributed by atoms with van der Waals surface area (Å²) in [5.74, 6) is -1.43. The van der Waals surface area contributed by atoms with Gasteiger partial charge >= 0.3 is 11.9 Å². The molecule has 0 spiro atoms. The van der Waals surface area contributed by atoms with Crippen molar-refractivity contribution in [2.75, 3.05) is 0 Å². The summed E-state index contributed by atoms with van der Waals surface area (Å²) < 4.78 is 0. The molecular formula is C34H22O6. The minimum atomic E-state index is -1.06. The number of carboxylic acid groups (broad SMARTS) is 2. The Balaban J connectivity index is 1.55. The Kier molecular flexibility index (Phi) is 6.34. The van der Waals surface area contributed by atoms with Gasteiger partial charge in [-0.3, -0.25) is 9.78 Å². The molecule has 6 aromatic rings. The fraction of sp³-hybridized carbons (Fsp3) is 0. The van der Waals surface area contributed by atoms with Gasteiger partial charge in [-0.2, -0.15) is 0 Å². The van der Waals surface area contributed by atoms with Gasteiger partial charge in [-0.1, -0.05) is 97.1 Å². The van der Waals surface area contributed by atoms with E-state index in [0.717, 1.165) is 21.5 Å². The zero-order valence-corrected chi connectivity index (χ0v) is 21.1. The van der Waals surface area contributed by atoms with Gasteiger partial charge in [-0.25, -0.2) is 9.59 Å². The van der Waals surface area contributed by atoms with Crippen LogP contribution in [0.2, 0.25) is 0 Å². The van der Waals surface area contributed by atoms with Gasteiger partial charge in [0, 0.05) is 33.0 Å². The Bertz CT molecular complexity index is 1780. The maximum atomic E-state index is 12.1. The molecule has 0 saturated heterocycles. The van der Waals surface area contributed by atoms with Crippen molar-refractivity contribution < 1.29 is 29.6 Å². The maximum absolute atomic E-state index is 12.1. The lowest BCUT2D eigenvalue weighted by Crippen LogP contribution is -2.07. The van der Waals surface area contributed by atoms with Crippen LogP contribution in [0.3, 0.4) is 0 Å². The van der Waals surface area contributed by atoms with Crippen LogP contribution in [0.4, 0.5) is 0 Å². The summed E-state index contributed by atoms with van der Waals surface area (Å²) in [6.45, 7) is 0. The molecule has 0 aliphatic carbocycles. The molecule has 2 N–H and O–H groups in total. The second kappa shape index (κ2) is 10.3. The summed E-state index contributed by atoms with van der Waals surface area (Å²) >= 11 is 0. The molecule has 0 aromatic heterocycles. The second-order valence-electron chi connectivity index (χ2n) is 9.19. The number of rotatable bonds is 7. The normalized spacial score (nSPS) is 10.9. The molecule has 0 saturated carbocycles. The fourth-order valence-electron chi connectivity index (χ4n) is 4.98. The number of hydrogen-bond acceptors (Lipinski definition) is 4. The highest BCUT2D eigenvalue weighted by Gasteiger charge is 2.21. The second-order valence-corrected chi connectivity index (χ2v) is 9.19. The highest BCUT2D eigenvalue weighted by Crippen LogP contribution is 2.42. The van der Waals surface area contributed by atoms with Gasteiger partial charge in [0.25, 0.3) is 0 Å². The molecule has 6 nitrogen and oxygen atoms in total. The third-order valence-corrected chi connectivity index (χ3v) is 6.86. The summed E-state index contributed by atoms with van der Waals surface area (Å²) in [6, 6.07) is 36.0. The Morgan fingerprint density at radius 2 is 0.800 bits per heavy atom. The molecule has 0 atom stereocenters. The maximum Gasteiger partial charge on any atom is 0.336 e. The van der Waals surface area contributed by atoms with Crippen LogP contribution < -0.4 is 9.78 Å². The van der Waals surface area contributed by atoms with Crippen LogP contribution in [0, 0.1) is 0 Å². The number of aromatic carboxylic acids is 2. The van der Waals surface area contributed by atoms with Crippen LogP contribution in [0.5, 0.6) is 11.5 Å². The Hall–Kier alpha value is -5.62. The van der Waals surface area contributed by atoms with Crippen LogP contribution in [0.25, 0.3) is 43.8 Å². The molecule has 0 amide bonds. The minimum Gasteiger partial charge on any atom is -0.478 e. The van der Waals surface area contributed by atoms with Gasteiger partial charge < -0.3 is 10.2 Å². The van der Waals surface area contributed by atoms with E-state index < -0.39 is 11.9 Å². The van der Waals surface area contributed by atoms with Crippen LogP contribution in [0.15, 0.2) is 121 Å². The summed E-state index contributed by atoms with van der Waals surface area (Å²) in [5.41, 5.74) is 2.31. The standard InChI is InChI=1S/C34H22O6/c35-33(36)29-15-7-5-13-25(29)27-19-17-21-9-1-3-11-23(21)31(27)39-40-32-24-12-4-2-10-22(24)18-20-28(32)26-14-6-8-16-30(26)34(37)38/h1-20H,(H,35,36)(H,37,38). The van der Waals surface area contributed by atoms with Gasteiger partial charge in [0.05, 0.1) is 11.1 Å². The van der Waals surface area contributed by atoms with E-state index in [1.165, 1.54) is 0 Å². The molecule has 0 unspecified atom stereocenters. The zero-order valence-electron chi connectivity index (χ0n) is 21.1. The van der Waals surface area contributed by atoms with Crippen molar-refractivity contribution in [3.8, 4) is 33.8 Å². The van der Waals surface area contributed by atoms with Gasteiger partial charge in [0.2, 0.25) is 0 Å². The number of hydrogen-bond donors (Lipinski definition) is 2. The number of fused-ring (bicyclic) bond motifs is 2. The highest BCUT2D eigenvalue weighted by molar-refractivity contribution is 6.03. The molecule has 6 rings (SSSR count). The van der Waals surface area contributed by atoms with Crippen molar-refractivity contribution in [1.29, 1.82) is 0 Å². The van der Waals surface area contributed by atoms with E-state index in [9.17, 15) is 19.8 Å². The van der Waals surface area contributed by atoms with Gasteiger partial charge in [0.15, 0.2) is 11.5 Å². The van der Waals surface area contributed by atoms with Crippen molar-refractivity contribution in [1.82, 2.24) is 0 Å². The van der Waals surface area contributed by atoms with E-state index in [-0.39, 0.29) is 11.1 Å². The fourth-order valence-corrected chi connectivity index (χ4v) is 4.98. The largest absolute Gasteiger partial charge is 0.478 e. The molecule has 40 heavy (non-hydrogen) atoms. The third kappa shape index (κ3) is 4.37. The van der Waals surface area contributed by atoms with Crippen molar-refractivity contribution in [2.24, 2.45) is 0 Å². The first-order valence-corrected chi connectivity index (χ1v) is 12.6. The quantitative estimate of drug-likeness (QED) is 0.161. The van der Waals surface area contributed by atoms with Crippen LogP contribution >= 0.6 is 0 Å². The molecule has 0 fully saturated rings. The number of benzene rings is 6. The Morgan fingerprint density at radius 3 is 1.23 bits per heavy atom. The minimum absolute atomic E-state index is 0.129. The van der Waals surface area contributed by atoms with Crippen molar-refractivity contribution in [3.63, 3.8) is 0 Å². The first-order chi connectivity index (χ1) is 19.5. The molecule has 0 bridgehead atoms. The summed E-state index contributed by atoms with van der Waals surface area (Å²) in [5, 5.41) is 23.0. The number of carbonyl (C=O) groups is 2. The van der Waals surface area contributed by atoms with E-state index in [2.05, 4.69) is 0 Å². The molecule has 0 heterocycles. The lowest BCUT2D eigenvalue weighted by atomic mass is 9.95. The monoisotopic (exact) mass is 526 g/mol. The SMILES string of the molecule is O=C(O)c1ccccc1-c1ccc2ccccc2c1OOc1c(-c2ccccc2C(=O)O)ccc2ccccc12. The van der Waals surface area contributed by atoms with Gasteiger partial charge in [-0.15, -0.1) is 0 Å². The summed E-state index contributed by atoms with van der Waals surface area (Å²) in [7, 11) is 0. The van der Waals surface area contributed by atoms with Gasteiger partial charge in [0.1, 0.15) is 0 Å². The van der Waals surface area contributed by atoms with E-state index in [4.69, 9.17) is 9.78 Å². The molecular weight excluding hydrogens is 504 g/mol. The first kappa shape index (κ1) is 24.7. The number of carboxylic acids is 2. The van der Waals surface area contributed by atoms with E-state index in [0.29, 0.717) is 33.8 Å². The Labute approximate surface area is 229 Å². The first-order valence-electron chi connectivity index (χ1n) is 12.6. The molecule has 194 valence electrons. The van der Waals surface area contributed by atoms with Gasteiger partial charge in [-0.05, 0) is 35.0 Å². The van der Waals surface area contributed by atoms with Crippen LogP contribution in [-0.2, 0) is 0 Å². The summed E-state index contributed by atoms with van der Waals surface area (Å²) in [4.78, 5) is 36.4. The molecule has 6 heteroatoms. The molecule has 0 aliphatic heterocycles. The topological polar surface area (TPSA) is 93.1 Å². The van der Waals surface area contributed by atoms with Crippen LogP contribution in [0.1, 0.15) is 20.7 Å². The van der Waals surface area contributed by atoms with Crippen LogP contribution in [-0.4, -0.2) is 22.2 Å². The molecule has 0 aliphatic rings. The zero-order chi connectivity index (χ0) is 27.6. The van der Waals surface area contributed by atoms with Crippen molar-refractivity contribution >= 4 is 33.5 Å². The average molecular weight is 527 g/mol. The predicted molar refractivity (Wildman–Crippen MR) is 154 cm³/mol. The predicted octanol–water partition coefficient (Wildman–Crippen LogP) is 8.10. The summed E-state index contributed by atoms with van der Waals surface area (Å²) in [6.07, 6.45) is 0. The molecule has 6 aromatic carbocycles. The van der Waals surface area contributed by atoms with Crippen molar-refractivity contribution in [3.05, 3.63) is 132 Å². The average Bonchev–Trinajstić information content (AvgIpc) is 2.99.